The summed E-state index contributed by atoms with van der Waals surface area (Å²) in [5.74, 6) is 0.779. The third-order valence-electron chi connectivity index (χ3n) is 3.39. The van der Waals surface area contributed by atoms with E-state index in [4.69, 9.17) is 4.74 Å². The average Bonchev–Trinajstić information content (AvgIpc) is 2.52. The normalized spacial score (nSPS) is 13.7. The Bertz CT molecular complexity index is 552. The number of ether oxygens (including phenoxy) is 1. The molecule has 0 heterocycles. The molecule has 0 aliphatic heterocycles. The molecule has 0 aromatic heterocycles. The van der Waals surface area contributed by atoms with E-state index in [9.17, 15) is 5.11 Å². The summed E-state index contributed by atoms with van der Waals surface area (Å²) in [6, 6.07) is 17.5. The SMILES string of the molecule is CCNCc1cccc(OCC(C)(O)c2ccccc2)c1. The van der Waals surface area contributed by atoms with Crippen molar-refractivity contribution in [2.45, 2.75) is 26.0 Å². The lowest BCUT2D eigenvalue weighted by Gasteiger charge is -2.24. The van der Waals surface area contributed by atoms with Crippen molar-refractivity contribution in [3.05, 3.63) is 65.7 Å². The molecule has 0 saturated heterocycles. The molecule has 3 nitrogen and oxygen atoms in total. The molecule has 2 aromatic carbocycles. The van der Waals surface area contributed by atoms with Gasteiger partial charge in [0.25, 0.3) is 0 Å². The van der Waals surface area contributed by atoms with Gasteiger partial charge in [0.05, 0.1) is 0 Å². The minimum Gasteiger partial charge on any atom is -0.490 e. The van der Waals surface area contributed by atoms with E-state index in [1.165, 1.54) is 5.56 Å². The molecular weight excluding hydrogens is 262 g/mol. The Labute approximate surface area is 126 Å². The Morgan fingerprint density at radius 3 is 2.57 bits per heavy atom. The molecule has 0 spiro atoms. The zero-order valence-electron chi connectivity index (χ0n) is 12.7. The minimum absolute atomic E-state index is 0.224. The number of benzene rings is 2. The van der Waals surface area contributed by atoms with Crippen molar-refractivity contribution >= 4 is 0 Å². The first-order chi connectivity index (χ1) is 10.1. The van der Waals surface area contributed by atoms with Crippen LogP contribution in [0.4, 0.5) is 0 Å². The molecule has 1 atom stereocenters. The van der Waals surface area contributed by atoms with Crippen molar-refractivity contribution in [2.24, 2.45) is 0 Å². The van der Waals surface area contributed by atoms with Gasteiger partial charge in [0.1, 0.15) is 18.0 Å². The van der Waals surface area contributed by atoms with Gasteiger partial charge < -0.3 is 15.2 Å². The van der Waals surface area contributed by atoms with E-state index < -0.39 is 5.60 Å². The van der Waals surface area contributed by atoms with Gasteiger partial charge in [-0.15, -0.1) is 0 Å². The second-order valence-electron chi connectivity index (χ2n) is 5.36. The van der Waals surface area contributed by atoms with Crippen LogP contribution >= 0.6 is 0 Å². The minimum atomic E-state index is -1.00. The smallest absolute Gasteiger partial charge is 0.121 e. The maximum absolute atomic E-state index is 10.5. The van der Waals surface area contributed by atoms with Gasteiger partial charge in [0.15, 0.2) is 0 Å². The highest BCUT2D eigenvalue weighted by Crippen LogP contribution is 2.22. The molecule has 2 rings (SSSR count). The first-order valence-electron chi connectivity index (χ1n) is 7.32. The number of hydrogen-bond acceptors (Lipinski definition) is 3. The Kier molecular flexibility index (Phi) is 5.37. The number of hydrogen-bond donors (Lipinski definition) is 2. The maximum Gasteiger partial charge on any atom is 0.121 e. The van der Waals surface area contributed by atoms with E-state index in [0.29, 0.717) is 0 Å². The molecule has 21 heavy (non-hydrogen) atoms. The van der Waals surface area contributed by atoms with Crippen LogP contribution in [-0.2, 0) is 12.1 Å². The summed E-state index contributed by atoms with van der Waals surface area (Å²) >= 11 is 0. The third-order valence-corrected chi connectivity index (χ3v) is 3.39. The van der Waals surface area contributed by atoms with Gasteiger partial charge in [-0.1, -0.05) is 49.4 Å². The Balaban J connectivity index is 1.99. The molecule has 0 saturated carbocycles. The molecule has 2 N–H and O–H groups in total. The van der Waals surface area contributed by atoms with E-state index in [1.54, 1.807) is 6.92 Å². The molecule has 0 radical (unpaired) electrons. The zero-order valence-corrected chi connectivity index (χ0v) is 12.7. The van der Waals surface area contributed by atoms with Crippen molar-refractivity contribution in [1.82, 2.24) is 5.32 Å². The maximum atomic E-state index is 10.5. The molecule has 112 valence electrons. The topological polar surface area (TPSA) is 41.5 Å². The van der Waals surface area contributed by atoms with Gasteiger partial charge >= 0.3 is 0 Å². The number of aliphatic hydroxyl groups is 1. The van der Waals surface area contributed by atoms with Gasteiger partial charge in [-0.2, -0.15) is 0 Å². The van der Waals surface area contributed by atoms with Crippen LogP contribution in [0.5, 0.6) is 5.75 Å². The molecule has 0 fully saturated rings. The van der Waals surface area contributed by atoms with Gasteiger partial charge in [0, 0.05) is 6.54 Å². The van der Waals surface area contributed by atoms with Crippen molar-refractivity contribution in [1.29, 1.82) is 0 Å². The van der Waals surface area contributed by atoms with Crippen molar-refractivity contribution in [3.8, 4) is 5.75 Å². The number of rotatable bonds is 7. The van der Waals surface area contributed by atoms with Crippen molar-refractivity contribution in [3.63, 3.8) is 0 Å². The molecule has 2 aromatic rings. The second kappa shape index (κ2) is 7.25. The van der Waals surface area contributed by atoms with Gasteiger partial charge in [-0.3, -0.25) is 0 Å². The van der Waals surface area contributed by atoms with E-state index >= 15 is 0 Å². The van der Waals surface area contributed by atoms with E-state index in [-0.39, 0.29) is 6.61 Å². The lowest BCUT2D eigenvalue weighted by atomic mass is 9.97. The van der Waals surface area contributed by atoms with E-state index in [0.717, 1.165) is 24.4 Å². The Morgan fingerprint density at radius 2 is 1.86 bits per heavy atom. The first-order valence-corrected chi connectivity index (χ1v) is 7.32. The predicted octanol–water partition coefficient (Wildman–Crippen LogP) is 3.08. The van der Waals surface area contributed by atoms with E-state index in [2.05, 4.69) is 18.3 Å². The first kappa shape index (κ1) is 15.5. The standard InChI is InChI=1S/C18H23NO2/c1-3-19-13-15-8-7-11-17(12-15)21-14-18(2,20)16-9-5-4-6-10-16/h4-12,19-20H,3,13-14H2,1-2H3. The summed E-state index contributed by atoms with van der Waals surface area (Å²) in [6.07, 6.45) is 0. The van der Waals surface area contributed by atoms with Crippen LogP contribution in [0, 0.1) is 0 Å². The highest BCUT2D eigenvalue weighted by atomic mass is 16.5. The fraction of sp³-hybridized carbons (Fsp3) is 0.333. The summed E-state index contributed by atoms with van der Waals surface area (Å²) in [4.78, 5) is 0. The third kappa shape index (κ3) is 4.59. The summed E-state index contributed by atoms with van der Waals surface area (Å²) in [5, 5.41) is 13.8. The fourth-order valence-corrected chi connectivity index (χ4v) is 2.12. The Morgan fingerprint density at radius 1 is 1.10 bits per heavy atom. The molecule has 0 bridgehead atoms. The molecule has 3 heteroatoms. The van der Waals surface area contributed by atoms with Crippen LogP contribution in [0.15, 0.2) is 54.6 Å². The second-order valence-corrected chi connectivity index (χ2v) is 5.36. The van der Waals surface area contributed by atoms with Gasteiger partial charge in [0.2, 0.25) is 0 Å². The monoisotopic (exact) mass is 285 g/mol. The Hall–Kier alpha value is -1.84. The molecule has 1 unspecified atom stereocenters. The summed E-state index contributed by atoms with van der Waals surface area (Å²) in [5.41, 5.74) is 1.03. The van der Waals surface area contributed by atoms with Gasteiger partial charge in [-0.25, -0.2) is 0 Å². The van der Waals surface area contributed by atoms with Crippen molar-refractivity contribution in [2.75, 3.05) is 13.2 Å². The molecule has 0 aliphatic rings. The summed E-state index contributed by atoms with van der Waals surface area (Å²) in [6.45, 7) is 5.83. The fourth-order valence-electron chi connectivity index (χ4n) is 2.12. The van der Waals surface area contributed by atoms with Crippen LogP contribution in [0.1, 0.15) is 25.0 Å². The molecule has 0 aliphatic carbocycles. The lowest BCUT2D eigenvalue weighted by molar-refractivity contribution is 0.00757. The van der Waals surface area contributed by atoms with Crippen LogP contribution < -0.4 is 10.1 Å². The largest absolute Gasteiger partial charge is 0.490 e. The highest BCUT2D eigenvalue weighted by molar-refractivity contribution is 5.29. The average molecular weight is 285 g/mol. The van der Waals surface area contributed by atoms with Crippen LogP contribution in [0.25, 0.3) is 0 Å². The molecular formula is C18H23NO2. The zero-order chi connectivity index (χ0) is 15.1. The summed E-state index contributed by atoms with van der Waals surface area (Å²) in [7, 11) is 0. The van der Waals surface area contributed by atoms with Gasteiger partial charge in [-0.05, 0) is 36.7 Å². The summed E-state index contributed by atoms with van der Waals surface area (Å²) < 4.78 is 5.77. The van der Waals surface area contributed by atoms with Crippen LogP contribution in [0.2, 0.25) is 0 Å². The van der Waals surface area contributed by atoms with Crippen molar-refractivity contribution < 1.29 is 9.84 Å². The number of nitrogens with one attached hydrogen (secondary N) is 1. The predicted molar refractivity (Wildman–Crippen MR) is 85.3 cm³/mol. The highest BCUT2D eigenvalue weighted by Gasteiger charge is 2.23. The van der Waals surface area contributed by atoms with Crippen LogP contribution in [-0.4, -0.2) is 18.3 Å². The molecule has 0 amide bonds. The quantitative estimate of drug-likeness (QED) is 0.821. The van der Waals surface area contributed by atoms with E-state index in [1.807, 2.05) is 48.5 Å². The van der Waals surface area contributed by atoms with Crippen LogP contribution in [0.3, 0.4) is 0 Å². The lowest BCUT2D eigenvalue weighted by Crippen LogP contribution is -2.29.